The normalized spacial score (nSPS) is 24.5. The van der Waals surface area contributed by atoms with E-state index in [1.807, 2.05) is 18.2 Å². The smallest absolute Gasteiger partial charge is 0.254 e. The third kappa shape index (κ3) is 3.71. The molecule has 2 aliphatic heterocycles. The second kappa shape index (κ2) is 8.14. The van der Waals surface area contributed by atoms with E-state index in [0.717, 1.165) is 36.0 Å². The van der Waals surface area contributed by atoms with E-state index in [9.17, 15) is 19.2 Å². The topological polar surface area (TPSA) is 73.2 Å². The van der Waals surface area contributed by atoms with Gasteiger partial charge in [0.15, 0.2) is 5.78 Å². The van der Waals surface area contributed by atoms with Crippen LogP contribution < -0.4 is 5.32 Å². The molecule has 2 fully saturated rings. The molecule has 164 valence electrons. The fourth-order valence-electron chi connectivity index (χ4n) is 5.55. The molecule has 2 bridgehead atoms. The summed E-state index contributed by atoms with van der Waals surface area (Å²) >= 11 is 0. The molecule has 0 aromatic heterocycles. The maximum atomic E-state index is 14.9. The number of rotatable bonds is 6. The van der Waals surface area contributed by atoms with Gasteiger partial charge in [-0.2, -0.15) is 5.26 Å². The van der Waals surface area contributed by atoms with Gasteiger partial charge in [-0.3, -0.25) is 9.59 Å². The average Bonchev–Trinajstić information content (AvgIpc) is 3.49. The summed E-state index contributed by atoms with van der Waals surface area (Å²) in [6, 6.07) is 13.1. The molecule has 1 N–H and O–H groups in total. The molecule has 5 rings (SSSR count). The Balaban J connectivity index is 1.28. The second-order valence-corrected chi connectivity index (χ2v) is 9.45. The molecule has 1 aliphatic carbocycles. The molecule has 1 amide bonds. The zero-order valence-corrected chi connectivity index (χ0v) is 18.1. The third-order valence-corrected chi connectivity index (χ3v) is 7.28. The Morgan fingerprint density at radius 1 is 1.25 bits per heavy atom. The first-order valence-electron chi connectivity index (χ1n) is 11.3. The fraction of sp³-hybridized carbons (Fsp3) is 0.423. The SMILES string of the molecule is CN1Cc2cc(-c3ccc(CC(C#N)CC(=O)[C@H]4N[C@@H]5CC[C@H]4C5)c(F)c3)ccc2C1=O. The van der Waals surface area contributed by atoms with Gasteiger partial charge in [-0.1, -0.05) is 18.2 Å². The largest absolute Gasteiger partial charge is 0.337 e. The van der Waals surface area contributed by atoms with Crippen LogP contribution in [0.2, 0.25) is 0 Å². The molecule has 32 heavy (non-hydrogen) atoms. The number of carbonyl (C=O) groups excluding carboxylic acids is 2. The quantitative estimate of drug-likeness (QED) is 0.754. The van der Waals surface area contributed by atoms with Crippen molar-refractivity contribution in [2.45, 2.75) is 50.7 Å². The number of nitrogens with one attached hydrogen (secondary N) is 1. The van der Waals surface area contributed by atoms with E-state index in [4.69, 9.17) is 0 Å². The number of piperidine rings is 1. The highest BCUT2D eigenvalue weighted by atomic mass is 19.1. The van der Waals surface area contributed by atoms with Crippen molar-refractivity contribution in [2.75, 3.05) is 7.05 Å². The van der Waals surface area contributed by atoms with E-state index >= 15 is 0 Å². The minimum atomic E-state index is -0.537. The molecule has 1 saturated carbocycles. The lowest BCUT2D eigenvalue weighted by atomic mass is 9.88. The molecule has 2 aromatic rings. The second-order valence-electron chi connectivity index (χ2n) is 9.45. The first-order chi connectivity index (χ1) is 15.4. The molecule has 4 atom stereocenters. The summed E-state index contributed by atoms with van der Waals surface area (Å²) in [5.74, 6) is -0.429. The van der Waals surface area contributed by atoms with Gasteiger partial charge in [0.2, 0.25) is 0 Å². The van der Waals surface area contributed by atoms with E-state index in [1.54, 1.807) is 24.1 Å². The van der Waals surface area contributed by atoms with Gasteiger partial charge in [-0.15, -0.1) is 0 Å². The van der Waals surface area contributed by atoms with Crippen molar-refractivity contribution in [3.63, 3.8) is 0 Å². The highest BCUT2D eigenvalue weighted by Crippen LogP contribution is 2.36. The van der Waals surface area contributed by atoms with E-state index < -0.39 is 5.92 Å². The molecule has 5 nitrogen and oxygen atoms in total. The van der Waals surface area contributed by atoms with Crippen molar-refractivity contribution in [1.29, 1.82) is 5.26 Å². The Morgan fingerprint density at radius 2 is 2.03 bits per heavy atom. The number of hydrogen-bond donors (Lipinski definition) is 1. The number of amides is 1. The molecular weight excluding hydrogens is 405 g/mol. The summed E-state index contributed by atoms with van der Waals surface area (Å²) in [6.45, 7) is 0.553. The fourth-order valence-corrected chi connectivity index (χ4v) is 5.55. The van der Waals surface area contributed by atoms with Crippen LogP contribution in [0.1, 0.15) is 47.2 Å². The summed E-state index contributed by atoms with van der Waals surface area (Å²) in [7, 11) is 1.76. The van der Waals surface area contributed by atoms with Crippen molar-refractivity contribution in [3.05, 3.63) is 58.9 Å². The maximum absolute atomic E-state index is 14.9. The average molecular weight is 432 g/mol. The predicted molar refractivity (Wildman–Crippen MR) is 118 cm³/mol. The number of benzene rings is 2. The number of halogens is 1. The Bertz CT molecular complexity index is 1140. The van der Waals surface area contributed by atoms with Crippen LogP contribution in [-0.4, -0.2) is 35.7 Å². The van der Waals surface area contributed by atoms with E-state index in [1.165, 1.54) is 6.07 Å². The van der Waals surface area contributed by atoms with E-state index in [-0.39, 0.29) is 36.4 Å². The molecule has 6 heteroatoms. The van der Waals surface area contributed by atoms with Crippen molar-refractivity contribution >= 4 is 11.7 Å². The molecule has 3 aliphatic rings. The monoisotopic (exact) mass is 431 g/mol. The highest BCUT2D eigenvalue weighted by molar-refractivity contribution is 5.98. The van der Waals surface area contributed by atoms with Gasteiger partial charge in [-0.05, 0) is 72.1 Å². The number of Topliss-reactive ketones (excluding diaryl/α,β-unsaturated/α-hetero) is 1. The molecule has 0 spiro atoms. The van der Waals surface area contributed by atoms with Gasteiger partial charge in [0.1, 0.15) is 5.82 Å². The standard InChI is InChI=1S/C26H26FN3O2/c1-30-14-20-10-16(5-7-22(20)26(30)32)17-2-3-18(23(27)12-17)8-15(13-28)9-24(31)25-19-4-6-21(11-19)29-25/h2-3,5,7,10,12,15,19,21,25,29H,4,6,8-9,11,14H2,1H3/t15?,19-,21+,25-/m0/s1. The van der Waals surface area contributed by atoms with Crippen molar-refractivity contribution in [2.24, 2.45) is 11.8 Å². The minimum absolute atomic E-state index is 0.00537. The van der Waals surface area contributed by atoms with Crippen LogP contribution >= 0.6 is 0 Å². The number of carbonyl (C=O) groups is 2. The highest BCUT2D eigenvalue weighted by Gasteiger charge is 2.42. The molecule has 2 aromatic carbocycles. The Morgan fingerprint density at radius 3 is 2.72 bits per heavy atom. The maximum Gasteiger partial charge on any atom is 0.254 e. The minimum Gasteiger partial charge on any atom is -0.337 e. The van der Waals surface area contributed by atoms with Crippen LogP contribution in [0.5, 0.6) is 0 Å². The number of hydrogen-bond acceptors (Lipinski definition) is 4. The number of fused-ring (bicyclic) bond motifs is 3. The molecule has 1 unspecified atom stereocenters. The van der Waals surface area contributed by atoms with Gasteiger partial charge in [0, 0.05) is 31.6 Å². The van der Waals surface area contributed by atoms with E-state index in [0.29, 0.717) is 29.6 Å². The third-order valence-electron chi connectivity index (χ3n) is 7.28. The lowest BCUT2D eigenvalue weighted by Crippen LogP contribution is -2.42. The lowest BCUT2D eigenvalue weighted by Gasteiger charge is -2.22. The van der Waals surface area contributed by atoms with Crippen LogP contribution in [0, 0.1) is 29.0 Å². The first-order valence-corrected chi connectivity index (χ1v) is 11.3. The zero-order chi connectivity index (χ0) is 22.4. The summed E-state index contributed by atoms with van der Waals surface area (Å²) in [5, 5.41) is 13.0. The van der Waals surface area contributed by atoms with Crippen LogP contribution in [0.4, 0.5) is 4.39 Å². The summed E-state index contributed by atoms with van der Waals surface area (Å²) in [4.78, 5) is 26.5. The number of ketones is 1. The summed E-state index contributed by atoms with van der Waals surface area (Å²) < 4.78 is 14.9. The summed E-state index contributed by atoms with van der Waals surface area (Å²) in [5.41, 5.74) is 3.67. The Labute approximate surface area is 187 Å². The van der Waals surface area contributed by atoms with Gasteiger partial charge in [-0.25, -0.2) is 4.39 Å². The molecule has 0 radical (unpaired) electrons. The van der Waals surface area contributed by atoms with Crippen LogP contribution in [0.15, 0.2) is 36.4 Å². The number of nitriles is 1. The summed E-state index contributed by atoms with van der Waals surface area (Å²) in [6.07, 6.45) is 3.64. The Hall–Kier alpha value is -3.04. The first kappa shape index (κ1) is 20.8. The van der Waals surface area contributed by atoms with Gasteiger partial charge < -0.3 is 10.2 Å². The predicted octanol–water partition coefficient (Wildman–Crippen LogP) is 3.86. The lowest BCUT2D eigenvalue weighted by molar-refractivity contribution is -0.122. The van der Waals surface area contributed by atoms with Crippen LogP contribution in [-0.2, 0) is 17.8 Å². The van der Waals surface area contributed by atoms with Crippen molar-refractivity contribution < 1.29 is 14.0 Å². The van der Waals surface area contributed by atoms with Gasteiger partial charge in [0.05, 0.1) is 18.0 Å². The van der Waals surface area contributed by atoms with Crippen molar-refractivity contribution in [3.8, 4) is 17.2 Å². The van der Waals surface area contributed by atoms with Crippen molar-refractivity contribution in [1.82, 2.24) is 10.2 Å². The molecule has 2 heterocycles. The number of nitrogens with zero attached hydrogens (tertiary/aromatic N) is 2. The molecular formula is C26H26FN3O2. The zero-order valence-electron chi connectivity index (χ0n) is 18.1. The van der Waals surface area contributed by atoms with E-state index in [2.05, 4.69) is 11.4 Å². The van der Waals surface area contributed by atoms with Gasteiger partial charge in [0.25, 0.3) is 5.91 Å². The molecule has 1 saturated heterocycles. The van der Waals surface area contributed by atoms with Gasteiger partial charge >= 0.3 is 0 Å². The van der Waals surface area contributed by atoms with Crippen LogP contribution in [0.3, 0.4) is 0 Å². The van der Waals surface area contributed by atoms with Crippen LogP contribution in [0.25, 0.3) is 11.1 Å². The Kier molecular flexibility index (Phi) is 5.30.